The van der Waals surface area contributed by atoms with Crippen LogP contribution in [-0.4, -0.2) is 38.3 Å². The molecule has 0 spiro atoms. The van der Waals surface area contributed by atoms with E-state index in [1.54, 1.807) is 36.4 Å². The number of aromatic amines is 1. The lowest BCUT2D eigenvalue weighted by atomic mass is 10.0. The first-order valence-corrected chi connectivity index (χ1v) is 12.9. The van der Waals surface area contributed by atoms with Crippen LogP contribution in [-0.2, 0) is 20.0 Å². The van der Waals surface area contributed by atoms with Gasteiger partial charge in [0, 0.05) is 16.8 Å². The molecule has 0 aliphatic carbocycles. The summed E-state index contributed by atoms with van der Waals surface area (Å²) < 4.78 is 99.9. The predicted octanol–water partition coefficient (Wildman–Crippen LogP) is 4.83. The van der Waals surface area contributed by atoms with E-state index in [0.29, 0.717) is 33.5 Å². The highest BCUT2D eigenvalue weighted by Crippen LogP contribution is 2.32. The topological polar surface area (TPSA) is 121 Å². The number of alkyl halides is 4. The number of benzene rings is 3. The maximum atomic E-state index is 12.8. The number of hydrogen-bond donors (Lipinski definition) is 3. The second-order valence-electron chi connectivity index (χ2n) is 7.32. The Balaban J connectivity index is 1.64. The number of rotatable bonds is 7. The van der Waals surface area contributed by atoms with Crippen molar-refractivity contribution in [3.63, 3.8) is 0 Å². The molecule has 3 aromatic carbocycles. The van der Waals surface area contributed by atoms with Gasteiger partial charge in [0.1, 0.15) is 5.82 Å². The Hall–Kier alpha value is -3.65. The van der Waals surface area contributed by atoms with E-state index < -0.39 is 31.6 Å². The van der Waals surface area contributed by atoms with Gasteiger partial charge >= 0.3 is 15.5 Å². The predicted molar refractivity (Wildman–Crippen MR) is 124 cm³/mol. The number of H-pyrrole nitrogens is 1. The summed E-state index contributed by atoms with van der Waals surface area (Å²) in [5, 5.41) is 0. The second kappa shape index (κ2) is 8.85. The van der Waals surface area contributed by atoms with Crippen LogP contribution in [0.5, 0.6) is 0 Å². The van der Waals surface area contributed by atoms with Gasteiger partial charge in [-0.05, 0) is 48.0 Å². The molecule has 0 aliphatic rings. The molecular weight excluding hydrogens is 512 g/mol. The largest absolute Gasteiger partial charge is 0.516 e. The molecule has 0 amide bonds. The molecule has 1 aromatic heterocycles. The molecule has 4 aromatic rings. The minimum Gasteiger partial charge on any atom is -0.338 e. The van der Waals surface area contributed by atoms with Gasteiger partial charge in [-0.3, -0.25) is 9.44 Å². The molecule has 0 saturated heterocycles. The third-order valence-electron chi connectivity index (χ3n) is 4.84. The summed E-state index contributed by atoms with van der Waals surface area (Å²) in [5.41, 5.74) is -2.79. The first-order chi connectivity index (χ1) is 16.4. The molecule has 0 fully saturated rings. The molecule has 0 radical (unpaired) electrons. The van der Waals surface area contributed by atoms with E-state index in [9.17, 15) is 34.4 Å². The number of nitrogens with zero attached hydrogens (tertiary/aromatic N) is 1. The third-order valence-corrected chi connectivity index (χ3v) is 6.78. The molecule has 184 valence electrons. The zero-order valence-electron chi connectivity index (χ0n) is 17.5. The standard InChI is InChI=1S/C21H16F4N4O4S2/c22-12-34(30,31)29-17-4-2-1-3-16(17)14-7-10-18-19(11-14)27-20(26-18)13-5-8-15(9-6-13)28-35(32,33)21(23,24)25/h1-11,28-29H,12H2,(H,26,27). The number of para-hydroxylation sites is 1. The summed E-state index contributed by atoms with van der Waals surface area (Å²) in [5.74, 6) is 0.369. The normalized spacial score (nSPS) is 12.6. The lowest BCUT2D eigenvalue weighted by Gasteiger charge is -2.11. The van der Waals surface area contributed by atoms with E-state index in [-0.39, 0.29) is 11.4 Å². The maximum Gasteiger partial charge on any atom is 0.516 e. The molecule has 3 N–H and O–H groups in total. The fraction of sp³-hybridized carbons (Fsp3) is 0.0952. The van der Waals surface area contributed by atoms with Crippen LogP contribution in [0.2, 0.25) is 0 Å². The van der Waals surface area contributed by atoms with E-state index in [1.165, 1.54) is 35.1 Å². The van der Waals surface area contributed by atoms with Crippen molar-refractivity contribution in [3.8, 4) is 22.5 Å². The van der Waals surface area contributed by atoms with Gasteiger partial charge in [0.15, 0.2) is 0 Å². The highest BCUT2D eigenvalue weighted by molar-refractivity contribution is 7.93. The van der Waals surface area contributed by atoms with Gasteiger partial charge in [-0.2, -0.15) is 21.6 Å². The van der Waals surface area contributed by atoms with Crippen LogP contribution in [0.15, 0.2) is 66.7 Å². The highest BCUT2D eigenvalue weighted by atomic mass is 32.2. The molecule has 1 heterocycles. The molecule has 14 heteroatoms. The average molecular weight is 529 g/mol. The summed E-state index contributed by atoms with van der Waals surface area (Å²) in [7, 11) is -9.68. The first-order valence-electron chi connectivity index (χ1n) is 9.74. The minimum atomic E-state index is -5.53. The highest BCUT2D eigenvalue weighted by Gasteiger charge is 2.46. The van der Waals surface area contributed by atoms with Crippen LogP contribution in [0.1, 0.15) is 0 Å². The van der Waals surface area contributed by atoms with Crippen LogP contribution in [0.3, 0.4) is 0 Å². The zero-order chi connectivity index (χ0) is 25.4. The molecule has 0 bridgehead atoms. The number of halogens is 4. The molecule has 35 heavy (non-hydrogen) atoms. The molecule has 0 atom stereocenters. The molecule has 0 unspecified atom stereocenters. The van der Waals surface area contributed by atoms with Crippen LogP contribution < -0.4 is 9.44 Å². The van der Waals surface area contributed by atoms with E-state index in [1.807, 2.05) is 0 Å². The lowest BCUT2D eigenvalue weighted by Crippen LogP contribution is -2.29. The first kappa shape index (κ1) is 24.5. The number of anilines is 2. The van der Waals surface area contributed by atoms with Gasteiger partial charge in [0.05, 0.1) is 16.7 Å². The average Bonchev–Trinajstić information content (AvgIpc) is 3.22. The van der Waals surface area contributed by atoms with Gasteiger partial charge in [-0.1, -0.05) is 24.3 Å². The maximum absolute atomic E-state index is 12.8. The number of nitrogens with one attached hydrogen (secondary N) is 3. The summed E-state index contributed by atoms with van der Waals surface area (Å²) >= 11 is 0. The lowest BCUT2D eigenvalue weighted by molar-refractivity contribution is -0.0429. The van der Waals surface area contributed by atoms with E-state index in [0.717, 1.165) is 0 Å². The quantitative estimate of drug-likeness (QED) is 0.297. The number of aromatic nitrogens is 2. The Morgan fingerprint density at radius 3 is 2.17 bits per heavy atom. The van der Waals surface area contributed by atoms with Crippen molar-refractivity contribution in [2.45, 2.75) is 5.51 Å². The zero-order valence-corrected chi connectivity index (χ0v) is 19.1. The van der Waals surface area contributed by atoms with Gasteiger partial charge in [0.25, 0.3) is 10.0 Å². The van der Waals surface area contributed by atoms with Crippen LogP contribution >= 0.6 is 0 Å². The number of sulfonamides is 2. The van der Waals surface area contributed by atoms with Crippen molar-refractivity contribution in [1.29, 1.82) is 0 Å². The van der Waals surface area contributed by atoms with E-state index in [2.05, 4.69) is 14.7 Å². The van der Waals surface area contributed by atoms with Crippen molar-refractivity contribution < 1.29 is 34.4 Å². The molecular formula is C21H16F4N4O4S2. The Morgan fingerprint density at radius 2 is 1.51 bits per heavy atom. The Bertz CT molecular complexity index is 1600. The van der Waals surface area contributed by atoms with Crippen LogP contribution in [0.4, 0.5) is 28.9 Å². The molecule has 0 aliphatic heterocycles. The van der Waals surface area contributed by atoms with Crippen molar-refractivity contribution >= 4 is 42.5 Å². The number of imidazole rings is 1. The van der Waals surface area contributed by atoms with Gasteiger partial charge in [-0.15, -0.1) is 0 Å². The van der Waals surface area contributed by atoms with Gasteiger partial charge in [0.2, 0.25) is 6.01 Å². The second-order valence-corrected chi connectivity index (χ2v) is 10.6. The van der Waals surface area contributed by atoms with Crippen LogP contribution in [0.25, 0.3) is 33.5 Å². The van der Waals surface area contributed by atoms with E-state index in [4.69, 9.17) is 0 Å². The van der Waals surface area contributed by atoms with Crippen molar-refractivity contribution in [3.05, 3.63) is 66.7 Å². The third kappa shape index (κ3) is 5.22. The molecule has 4 rings (SSSR count). The number of hydrogen-bond acceptors (Lipinski definition) is 5. The summed E-state index contributed by atoms with van der Waals surface area (Å²) in [4.78, 5) is 7.49. The summed E-state index contributed by atoms with van der Waals surface area (Å²) in [6.07, 6.45) is 0. The Labute approximate surface area is 197 Å². The fourth-order valence-corrected chi connectivity index (χ4v) is 4.37. The molecule has 0 saturated carbocycles. The fourth-order valence-electron chi connectivity index (χ4n) is 3.24. The Morgan fingerprint density at radius 1 is 0.857 bits per heavy atom. The molecule has 8 nitrogen and oxygen atoms in total. The summed E-state index contributed by atoms with van der Waals surface area (Å²) in [6.45, 7) is 0. The van der Waals surface area contributed by atoms with Crippen molar-refractivity contribution in [1.82, 2.24) is 9.97 Å². The van der Waals surface area contributed by atoms with E-state index >= 15 is 0 Å². The Kier molecular flexibility index (Phi) is 6.19. The monoisotopic (exact) mass is 528 g/mol. The number of fused-ring (bicyclic) bond motifs is 1. The van der Waals surface area contributed by atoms with Crippen LogP contribution in [0, 0.1) is 0 Å². The van der Waals surface area contributed by atoms with Gasteiger partial charge < -0.3 is 4.98 Å². The summed E-state index contributed by atoms with van der Waals surface area (Å²) in [6, 6.07) is 15.1. The smallest absolute Gasteiger partial charge is 0.338 e. The van der Waals surface area contributed by atoms with Gasteiger partial charge in [-0.25, -0.2) is 17.8 Å². The minimum absolute atomic E-state index is 0.195. The van der Waals surface area contributed by atoms with Crippen molar-refractivity contribution in [2.75, 3.05) is 15.5 Å². The SMILES string of the molecule is O=S(=O)(CF)Nc1ccccc1-c1ccc2nc(-c3ccc(NS(=O)(=O)C(F)(F)F)cc3)[nH]c2c1. The van der Waals surface area contributed by atoms with Crippen molar-refractivity contribution in [2.24, 2.45) is 0 Å².